The Morgan fingerprint density at radius 2 is 2.04 bits per heavy atom. The minimum atomic E-state index is -0.477. The van der Waals surface area contributed by atoms with Crippen LogP contribution in [0.15, 0.2) is 35.5 Å². The molecule has 0 aliphatic carbocycles. The first-order valence-electron chi connectivity index (χ1n) is 9.08. The zero-order valence-electron chi connectivity index (χ0n) is 16.9. The molecule has 0 saturated heterocycles. The van der Waals surface area contributed by atoms with Gasteiger partial charge in [-0.3, -0.25) is 4.79 Å². The molecule has 1 aromatic rings. The van der Waals surface area contributed by atoms with Crippen molar-refractivity contribution in [3.63, 3.8) is 0 Å². The zero-order chi connectivity index (χ0) is 20.8. The lowest BCUT2D eigenvalue weighted by molar-refractivity contribution is -0.140. The molecule has 1 heterocycles. The summed E-state index contributed by atoms with van der Waals surface area (Å²) in [6.07, 6.45) is 0. The maximum atomic E-state index is 12.8. The number of benzene rings is 1. The molecular formula is C20H27N3O4S. The monoisotopic (exact) mass is 405 g/mol. The van der Waals surface area contributed by atoms with Crippen molar-refractivity contribution in [2.75, 3.05) is 32.7 Å². The molecule has 0 bridgehead atoms. The number of carbonyl (C=O) groups excluding carboxylic acids is 2. The van der Waals surface area contributed by atoms with Crippen molar-refractivity contribution in [2.24, 2.45) is 5.92 Å². The summed E-state index contributed by atoms with van der Waals surface area (Å²) in [6, 6.07) is 6.88. The third-order valence-electron chi connectivity index (χ3n) is 4.51. The number of thiocarbonyl (C=S) groups is 1. The number of allylic oxidation sites excluding steroid dienone is 1. The number of rotatable bonds is 7. The fourth-order valence-corrected chi connectivity index (χ4v) is 2.98. The molecule has 0 aromatic heterocycles. The Morgan fingerprint density at radius 3 is 2.68 bits per heavy atom. The van der Waals surface area contributed by atoms with Crippen LogP contribution in [0.25, 0.3) is 0 Å². The van der Waals surface area contributed by atoms with Crippen LogP contribution < -0.4 is 10.6 Å². The van der Waals surface area contributed by atoms with Crippen LogP contribution in [-0.4, -0.2) is 49.3 Å². The molecule has 2 N–H and O–H groups in total. The lowest BCUT2D eigenvalue weighted by Crippen LogP contribution is -2.46. The fraction of sp³-hybridized carbons (Fsp3) is 0.450. The van der Waals surface area contributed by atoms with E-state index in [2.05, 4.69) is 10.6 Å². The predicted molar refractivity (Wildman–Crippen MR) is 112 cm³/mol. The Hall–Kier alpha value is -2.45. The van der Waals surface area contributed by atoms with Crippen LogP contribution in [0.2, 0.25) is 0 Å². The van der Waals surface area contributed by atoms with E-state index in [-0.39, 0.29) is 18.4 Å². The molecular weight excluding hydrogens is 378 g/mol. The molecule has 152 valence electrons. The molecule has 1 aromatic carbocycles. The summed E-state index contributed by atoms with van der Waals surface area (Å²) < 4.78 is 10.3. The second-order valence-corrected chi connectivity index (χ2v) is 7.23. The Labute approximate surface area is 171 Å². The van der Waals surface area contributed by atoms with Crippen molar-refractivity contribution in [1.82, 2.24) is 10.2 Å². The van der Waals surface area contributed by atoms with Crippen LogP contribution in [0.1, 0.15) is 32.4 Å². The van der Waals surface area contributed by atoms with E-state index in [1.165, 1.54) is 0 Å². The third kappa shape index (κ3) is 5.08. The standard InChI is InChI=1S/C20H27N3O4S/c1-12(2)18(24)21-15-8-6-7-14(11-15)17-16(19(25)27-10-9-26-5)13(3)23(4)20(28)22-17/h6-8,11-12,17H,9-10H2,1-5H3,(H,21,24)(H,22,28)/t17-/m0/s1. The highest BCUT2D eigenvalue weighted by Gasteiger charge is 2.33. The number of methoxy groups -OCH3 is 1. The van der Waals surface area contributed by atoms with Gasteiger partial charge in [-0.15, -0.1) is 0 Å². The lowest BCUT2D eigenvalue weighted by Gasteiger charge is -2.35. The van der Waals surface area contributed by atoms with E-state index in [1.54, 1.807) is 19.1 Å². The molecule has 7 nitrogen and oxygen atoms in total. The Balaban J connectivity index is 2.36. The zero-order valence-corrected chi connectivity index (χ0v) is 17.7. The molecule has 0 spiro atoms. The molecule has 28 heavy (non-hydrogen) atoms. The van der Waals surface area contributed by atoms with Crippen LogP contribution in [0, 0.1) is 5.92 Å². The fourth-order valence-electron chi connectivity index (χ4n) is 2.73. The second-order valence-electron chi connectivity index (χ2n) is 6.84. The van der Waals surface area contributed by atoms with Gasteiger partial charge in [-0.05, 0) is 36.8 Å². The van der Waals surface area contributed by atoms with Crippen molar-refractivity contribution in [3.05, 3.63) is 41.1 Å². The van der Waals surface area contributed by atoms with Gasteiger partial charge in [-0.2, -0.15) is 0 Å². The summed E-state index contributed by atoms with van der Waals surface area (Å²) in [5.74, 6) is -0.640. The van der Waals surface area contributed by atoms with Crippen molar-refractivity contribution < 1.29 is 19.1 Å². The first kappa shape index (κ1) is 21.8. The van der Waals surface area contributed by atoms with Crippen LogP contribution >= 0.6 is 12.2 Å². The van der Waals surface area contributed by atoms with Crippen molar-refractivity contribution in [3.8, 4) is 0 Å². The van der Waals surface area contributed by atoms with Crippen LogP contribution in [0.3, 0.4) is 0 Å². The van der Waals surface area contributed by atoms with Crippen LogP contribution in [0.4, 0.5) is 5.69 Å². The van der Waals surface area contributed by atoms with Crippen molar-refractivity contribution >= 4 is 34.9 Å². The number of anilines is 1. The maximum absolute atomic E-state index is 12.8. The molecule has 2 rings (SSSR count). The highest BCUT2D eigenvalue weighted by atomic mass is 32.1. The summed E-state index contributed by atoms with van der Waals surface area (Å²) in [4.78, 5) is 26.5. The number of esters is 1. The number of amides is 1. The molecule has 0 radical (unpaired) electrons. The highest BCUT2D eigenvalue weighted by Crippen LogP contribution is 2.32. The number of hydrogen-bond acceptors (Lipinski definition) is 5. The minimum absolute atomic E-state index is 0.0741. The topological polar surface area (TPSA) is 79.9 Å². The van der Waals surface area contributed by atoms with Gasteiger partial charge >= 0.3 is 5.97 Å². The smallest absolute Gasteiger partial charge is 0.338 e. The molecule has 1 aliphatic heterocycles. The Bertz CT molecular complexity index is 791. The third-order valence-corrected chi connectivity index (χ3v) is 4.90. The summed E-state index contributed by atoms with van der Waals surface area (Å²) in [5.41, 5.74) is 2.65. The normalized spacial score (nSPS) is 16.9. The van der Waals surface area contributed by atoms with Gasteiger partial charge in [0, 0.05) is 31.5 Å². The van der Waals surface area contributed by atoms with Crippen molar-refractivity contribution in [1.29, 1.82) is 0 Å². The number of hydrogen-bond donors (Lipinski definition) is 2. The number of carbonyl (C=O) groups is 2. The van der Waals surface area contributed by atoms with E-state index in [0.717, 1.165) is 5.56 Å². The first-order valence-corrected chi connectivity index (χ1v) is 9.49. The SMILES string of the molecule is COCCOC(=O)C1=C(C)N(C)C(=S)N[C@H]1c1cccc(NC(=O)C(C)C)c1. The maximum Gasteiger partial charge on any atom is 0.338 e. The van der Waals surface area contributed by atoms with E-state index in [9.17, 15) is 9.59 Å². The van der Waals surface area contributed by atoms with Crippen LogP contribution in [-0.2, 0) is 19.1 Å². The summed E-state index contributed by atoms with van der Waals surface area (Å²) in [7, 11) is 3.34. The summed E-state index contributed by atoms with van der Waals surface area (Å²) in [6.45, 7) is 5.97. The number of nitrogens with zero attached hydrogens (tertiary/aromatic N) is 1. The average molecular weight is 406 g/mol. The molecule has 1 aliphatic rings. The average Bonchev–Trinajstić information content (AvgIpc) is 2.66. The largest absolute Gasteiger partial charge is 0.460 e. The van der Waals surface area contributed by atoms with E-state index < -0.39 is 12.0 Å². The van der Waals surface area contributed by atoms with Gasteiger partial charge in [0.1, 0.15) is 6.61 Å². The van der Waals surface area contributed by atoms with Gasteiger partial charge in [0.2, 0.25) is 5.91 Å². The molecule has 1 atom stereocenters. The van der Waals surface area contributed by atoms with Crippen molar-refractivity contribution in [2.45, 2.75) is 26.8 Å². The van der Waals surface area contributed by atoms with Gasteiger partial charge < -0.3 is 25.0 Å². The molecule has 8 heteroatoms. The highest BCUT2D eigenvalue weighted by molar-refractivity contribution is 7.80. The minimum Gasteiger partial charge on any atom is -0.460 e. The molecule has 0 saturated carbocycles. The second kappa shape index (κ2) is 9.66. The van der Waals surface area contributed by atoms with E-state index >= 15 is 0 Å². The first-order chi connectivity index (χ1) is 13.3. The number of ether oxygens (including phenoxy) is 2. The van der Waals surface area contributed by atoms with Gasteiger partial charge in [-0.25, -0.2) is 4.79 Å². The van der Waals surface area contributed by atoms with Gasteiger partial charge in [-0.1, -0.05) is 26.0 Å². The van der Waals surface area contributed by atoms with E-state index in [1.807, 2.05) is 45.0 Å². The molecule has 1 amide bonds. The molecule has 0 unspecified atom stereocenters. The lowest BCUT2D eigenvalue weighted by atomic mass is 9.94. The summed E-state index contributed by atoms with van der Waals surface area (Å²) in [5, 5.41) is 6.58. The number of nitrogens with one attached hydrogen (secondary N) is 2. The summed E-state index contributed by atoms with van der Waals surface area (Å²) >= 11 is 5.40. The predicted octanol–water partition coefficient (Wildman–Crippen LogP) is 2.61. The molecule has 0 fully saturated rings. The van der Waals surface area contributed by atoms with Crippen LogP contribution in [0.5, 0.6) is 0 Å². The Morgan fingerprint density at radius 1 is 1.32 bits per heavy atom. The van der Waals surface area contributed by atoms with Gasteiger partial charge in [0.05, 0.1) is 18.2 Å². The van der Waals surface area contributed by atoms with Gasteiger partial charge in [0.15, 0.2) is 5.11 Å². The van der Waals surface area contributed by atoms with E-state index in [0.29, 0.717) is 28.7 Å². The van der Waals surface area contributed by atoms with E-state index in [4.69, 9.17) is 21.7 Å². The quantitative estimate of drug-likeness (QED) is 0.410. The Kier molecular flexibility index (Phi) is 7.53. The van der Waals surface area contributed by atoms with Gasteiger partial charge in [0.25, 0.3) is 0 Å².